The number of rotatable bonds is 4. The maximum atomic E-state index is 13.2. The number of urea groups is 1. The summed E-state index contributed by atoms with van der Waals surface area (Å²) in [5.41, 5.74) is 0.138. The van der Waals surface area contributed by atoms with Gasteiger partial charge in [-0.05, 0) is 43.4 Å². The number of carboxylic acids is 1. The predicted molar refractivity (Wildman–Crippen MR) is 79.7 cm³/mol. The molecule has 1 fully saturated rings. The van der Waals surface area contributed by atoms with E-state index >= 15 is 0 Å². The summed E-state index contributed by atoms with van der Waals surface area (Å²) in [5.74, 6) is -5.34. The smallest absolute Gasteiger partial charge is 0.317 e. The van der Waals surface area contributed by atoms with Gasteiger partial charge in [0.25, 0.3) is 0 Å². The van der Waals surface area contributed by atoms with Gasteiger partial charge in [-0.25, -0.2) is 18.0 Å². The molecule has 1 aliphatic carbocycles. The summed E-state index contributed by atoms with van der Waals surface area (Å²) in [4.78, 5) is 24.2. The van der Waals surface area contributed by atoms with Crippen LogP contribution >= 0.6 is 0 Å². The summed E-state index contributed by atoms with van der Waals surface area (Å²) in [6.45, 7) is -0.0789. The van der Waals surface area contributed by atoms with Crippen molar-refractivity contribution in [3.8, 4) is 0 Å². The van der Waals surface area contributed by atoms with E-state index in [1.54, 1.807) is 0 Å². The van der Waals surface area contributed by atoms with Crippen LogP contribution in [0.1, 0.15) is 31.2 Å². The number of hydrogen-bond acceptors (Lipinski definition) is 2. The Labute approximate surface area is 137 Å². The number of nitrogens with one attached hydrogen (secondary N) is 1. The third-order valence-electron chi connectivity index (χ3n) is 4.21. The van der Waals surface area contributed by atoms with E-state index in [-0.39, 0.29) is 24.1 Å². The third-order valence-corrected chi connectivity index (χ3v) is 4.21. The lowest BCUT2D eigenvalue weighted by Crippen LogP contribution is -2.44. The second-order valence-corrected chi connectivity index (χ2v) is 6.07. The maximum absolute atomic E-state index is 13.2. The molecule has 0 aliphatic heterocycles. The quantitative estimate of drug-likeness (QED) is 0.825. The second-order valence-electron chi connectivity index (χ2n) is 6.07. The minimum atomic E-state index is -1.54. The second kappa shape index (κ2) is 7.55. The summed E-state index contributed by atoms with van der Waals surface area (Å²) in [6, 6.07) is 1.14. The molecule has 0 spiro atoms. The first-order valence-corrected chi connectivity index (χ1v) is 7.65. The molecule has 2 amide bonds. The van der Waals surface area contributed by atoms with Crippen LogP contribution in [0.4, 0.5) is 18.0 Å². The number of halogens is 3. The topological polar surface area (TPSA) is 69.6 Å². The van der Waals surface area contributed by atoms with E-state index in [1.807, 2.05) is 0 Å². The van der Waals surface area contributed by atoms with Crippen LogP contribution in [0.25, 0.3) is 0 Å². The first-order valence-electron chi connectivity index (χ1n) is 7.65. The molecule has 2 N–H and O–H groups in total. The summed E-state index contributed by atoms with van der Waals surface area (Å²) in [7, 11) is 1.46. The molecule has 1 aliphatic rings. The van der Waals surface area contributed by atoms with Gasteiger partial charge in [0.1, 0.15) is 0 Å². The Morgan fingerprint density at radius 3 is 2.21 bits per heavy atom. The first kappa shape index (κ1) is 18.1. The van der Waals surface area contributed by atoms with E-state index in [4.69, 9.17) is 5.11 Å². The van der Waals surface area contributed by atoms with Crippen LogP contribution in [0.15, 0.2) is 12.1 Å². The highest BCUT2D eigenvalue weighted by Gasteiger charge is 2.27. The molecule has 0 aromatic heterocycles. The summed E-state index contributed by atoms with van der Waals surface area (Å²) in [6.07, 6.45) is 2.13. The average Bonchev–Trinajstić information content (AvgIpc) is 2.52. The van der Waals surface area contributed by atoms with E-state index in [0.717, 1.165) is 12.1 Å². The Morgan fingerprint density at radius 1 is 1.17 bits per heavy atom. The lowest BCUT2D eigenvalue weighted by Gasteiger charge is -2.28. The molecule has 0 radical (unpaired) electrons. The van der Waals surface area contributed by atoms with Gasteiger partial charge in [-0.3, -0.25) is 4.79 Å². The van der Waals surface area contributed by atoms with Gasteiger partial charge in [0.15, 0.2) is 17.5 Å². The van der Waals surface area contributed by atoms with Crippen molar-refractivity contribution in [2.24, 2.45) is 5.92 Å². The Morgan fingerprint density at radius 2 is 1.71 bits per heavy atom. The van der Waals surface area contributed by atoms with Crippen LogP contribution in [0, 0.1) is 23.4 Å². The number of nitrogens with zero attached hydrogens (tertiary/aromatic N) is 1. The van der Waals surface area contributed by atoms with Gasteiger partial charge in [0.05, 0.1) is 5.92 Å². The minimum absolute atomic E-state index is 0.0789. The lowest BCUT2D eigenvalue weighted by molar-refractivity contribution is -0.142. The Hall–Kier alpha value is -2.25. The molecule has 8 heteroatoms. The van der Waals surface area contributed by atoms with E-state index in [2.05, 4.69) is 5.32 Å². The molecule has 0 bridgehead atoms. The number of hydrogen-bond donors (Lipinski definition) is 2. The monoisotopic (exact) mass is 344 g/mol. The number of benzene rings is 1. The molecule has 0 unspecified atom stereocenters. The number of carboxylic acid groups (broad SMARTS) is 1. The van der Waals surface area contributed by atoms with Crippen LogP contribution < -0.4 is 5.32 Å². The summed E-state index contributed by atoms with van der Waals surface area (Å²) >= 11 is 0. The zero-order chi connectivity index (χ0) is 17.9. The summed E-state index contributed by atoms with van der Waals surface area (Å²) in [5, 5.41) is 11.7. The van der Waals surface area contributed by atoms with E-state index in [9.17, 15) is 22.8 Å². The normalized spacial score (nSPS) is 20.5. The molecule has 2 rings (SSSR count). The molecule has 24 heavy (non-hydrogen) atoms. The summed E-state index contributed by atoms with van der Waals surface area (Å²) < 4.78 is 39.3. The van der Waals surface area contributed by atoms with Crippen LogP contribution in [-0.4, -0.2) is 35.1 Å². The van der Waals surface area contributed by atoms with E-state index in [0.29, 0.717) is 25.7 Å². The van der Waals surface area contributed by atoms with E-state index in [1.165, 1.54) is 11.9 Å². The van der Waals surface area contributed by atoms with Crippen molar-refractivity contribution in [2.45, 2.75) is 38.3 Å². The van der Waals surface area contributed by atoms with Crippen molar-refractivity contribution in [3.05, 3.63) is 35.1 Å². The number of carbonyl (C=O) groups is 2. The number of carbonyl (C=O) groups excluding carboxylic acids is 1. The zero-order valence-electron chi connectivity index (χ0n) is 13.2. The van der Waals surface area contributed by atoms with Gasteiger partial charge in [-0.2, -0.15) is 0 Å². The van der Waals surface area contributed by atoms with Gasteiger partial charge in [-0.1, -0.05) is 0 Å². The zero-order valence-corrected chi connectivity index (χ0v) is 13.2. The fourth-order valence-electron chi connectivity index (χ4n) is 2.81. The number of amides is 2. The van der Waals surface area contributed by atoms with Crippen molar-refractivity contribution in [3.63, 3.8) is 0 Å². The largest absolute Gasteiger partial charge is 0.481 e. The molecule has 1 saturated carbocycles. The van der Waals surface area contributed by atoms with Crippen molar-refractivity contribution in [2.75, 3.05) is 7.05 Å². The molecule has 1 aromatic rings. The molecule has 0 atom stereocenters. The first-order chi connectivity index (χ1) is 11.3. The number of aliphatic carboxylic acids is 1. The standard InChI is InChI=1S/C16H19F3N2O3/c1-21(8-9-6-12(17)14(19)13(18)7-9)16(24)20-11-4-2-10(3-5-11)15(22)23/h6-7,10-11H,2-5,8H2,1H3,(H,20,24)(H,22,23). The highest BCUT2D eigenvalue weighted by Crippen LogP contribution is 2.24. The minimum Gasteiger partial charge on any atom is -0.481 e. The molecular weight excluding hydrogens is 325 g/mol. The van der Waals surface area contributed by atoms with Gasteiger partial charge in [-0.15, -0.1) is 0 Å². The maximum Gasteiger partial charge on any atom is 0.317 e. The molecule has 0 saturated heterocycles. The predicted octanol–water partition coefficient (Wildman–Crippen LogP) is 2.89. The van der Waals surface area contributed by atoms with Gasteiger partial charge in [0, 0.05) is 19.6 Å². The van der Waals surface area contributed by atoms with Crippen molar-refractivity contribution >= 4 is 12.0 Å². The fourth-order valence-corrected chi connectivity index (χ4v) is 2.81. The molecule has 132 valence electrons. The van der Waals surface area contributed by atoms with Crippen LogP contribution in [0.5, 0.6) is 0 Å². The average molecular weight is 344 g/mol. The van der Waals surface area contributed by atoms with Crippen molar-refractivity contribution in [1.29, 1.82) is 0 Å². The molecule has 1 aromatic carbocycles. The van der Waals surface area contributed by atoms with Gasteiger partial charge >= 0.3 is 12.0 Å². The van der Waals surface area contributed by atoms with E-state index < -0.39 is 29.5 Å². The fraction of sp³-hybridized carbons (Fsp3) is 0.500. The van der Waals surface area contributed by atoms with Gasteiger partial charge in [0.2, 0.25) is 0 Å². The Kier molecular flexibility index (Phi) is 5.69. The molecule has 5 nitrogen and oxygen atoms in total. The SMILES string of the molecule is CN(Cc1cc(F)c(F)c(F)c1)C(=O)NC1CCC(C(=O)O)CC1. The van der Waals surface area contributed by atoms with Crippen molar-refractivity contribution < 1.29 is 27.9 Å². The van der Waals surface area contributed by atoms with Crippen molar-refractivity contribution in [1.82, 2.24) is 10.2 Å². The highest BCUT2D eigenvalue weighted by atomic mass is 19.2. The molecule has 0 heterocycles. The lowest BCUT2D eigenvalue weighted by atomic mass is 9.86. The van der Waals surface area contributed by atoms with Crippen LogP contribution in [-0.2, 0) is 11.3 Å². The Balaban J connectivity index is 1.88. The highest BCUT2D eigenvalue weighted by molar-refractivity contribution is 5.74. The van der Waals surface area contributed by atoms with Crippen LogP contribution in [0.2, 0.25) is 0 Å². The Bertz CT molecular complexity index is 608. The molecular formula is C16H19F3N2O3. The van der Waals surface area contributed by atoms with Crippen LogP contribution in [0.3, 0.4) is 0 Å². The van der Waals surface area contributed by atoms with Gasteiger partial charge < -0.3 is 15.3 Å². The third kappa shape index (κ3) is 4.39.